The highest BCUT2D eigenvalue weighted by molar-refractivity contribution is 5.51. The van der Waals surface area contributed by atoms with Gasteiger partial charge in [-0.2, -0.15) is 10.5 Å². The molecule has 0 atom stereocenters. The van der Waals surface area contributed by atoms with E-state index in [1.54, 1.807) is 0 Å². The van der Waals surface area contributed by atoms with E-state index >= 15 is 0 Å². The van der Waals surface area contributed by atoms with Crippen molar-refractivity contribution in [3.63, 3.8) is 0 Å². The molecular formula is C12H13N3. The molecule has 0 amide bonds. The van der Waals surface area contributed by atoms with Gasteiger partial charge >= 0.3 is 0 Å². The molecule has 15 heavy (non-hydrogen) atoms. The Bertz CT molecular complexity index is 395. The Hall–Kier alpha value is -1.74. The highest BCUT2D eigenvalue weighted by atomic mass is 14.9. The molecule has 0 saturated heterocycles. The minimum Gasteiger partial charge on any atom is -0.388 e. The summed E-state index contributed by atoms with van der Waals surface area (Å²) in [5.74, 6) is 0. The molecule has 0 radical (unpaired) electrons. The minimum atomic E-state index is 0.311. The molecule has 3 heteroatoms. The summed E-state index contributed by atoms with van der Waals surface area (Å²) in [5.41, 5.74) is 3.82. The summed E-state index contributed by atoms with van der Waals surface area (Å²) in [7, 11) is 0. The second-order valence-electron chi connectivity index (χ2n) is 3.92. The van der Waals surface area contributed by atoms with Gasteiger partial charge in [0.2, 0.25) is 0 Å². The molecule has 0 fully saturated rings. The Kier molecular flexibility index (Phi) is 2.74. The van der Waals surface area contributed by atoms with Gasteiger partial charge in [-0.05, 0) is 43.3 Å². The Morgan fingerprint density at radius 1 is 1.07 bits per heavy atom. The van der Waals surface area contributed by atoms with Crippen LogP contribution in [-0.4, -0.2) is 6.54 Å². The number of hydrogen-bond acceptors (Lipinski definition) is 3. The van der Waals surface area contributed by atoms with Gasteiger partial charge in [0.25, 0.3) is 0 Å². The van der Waals surface area contributed by atoms with Crippen molar-refractivity contribution in [1.82, 2.24) is 5.32 Å². The zero-order valence-electron chi connectivity index (χ0n) is 8.64. The SMILES string of the molecule is N#CC(C#N)=C1CCCC2=C1CCCN2. The molecule has 1 heterocycles. The third-order valence-corrected chi connectivity index (χ3v) is 3.05. The van der Waals surface area contributed by atoms with E-state index in [0.717, 1.165) is 44.2 Å². The van der Waals surface area contributed by atoms with Gasteiger partial charge in [-0.1, -0.05) is 0 Å². The Morgan fingerprint density at radius 2 is 1.87 bits per heavy atom. The highest BCUT2D eigenvalue weighted by Crippen LogP contribution is 2.34. The summed E-state index contributed by atoms with van der Waals surface area (Å²) < 4.78 is 0. The highest BCUT2D eigenvalue weighted by Gasteiger charge is 2.22. The van der Waals surface area contributed by atoms with E-state index in [2.05, 4.69) is 5.32 Å². The van der Waals surface area contributed by atoms with Crippen molar-refractivity contribution in [2.45, 2.75) is 32.1 Å². The van der Waals surface area contributed by atoms with Crippen LogP contribution in [-0.2, 0) is 0 Å². The molecule has 0 unspecified atom stereocenters. The second kappa shape index (κ2) is 4.19. The van der Waals surface area contributed by atoms with Crippen LogP contribution in [0.4, 0.5) is 0 Å². The summed E-state index contributed by atoms with van der Waals surface area (Å²) in [4.78, 5) is 0. The molecule has 1 aliphatic heterocycles. The number of nitrogens with one attached hydrogen (secondary N) is 1. The van der Waals surface area contributed by atoms with Crippen molar-refractivity contribution in [3.8, 4) is 12.1 Å². The molecule has 1 aliphatic carbocycles. The van der Waals surface area contributed by atoms with E-state index in [1.165, 1.54) is 11.3 Å². The summed E-state index contributed by atoms with van der Waals surface area (Å²) in [6.45, 7) is 1.03. The molecule has 2 rings (SSSR count). The van der Waals surface area contributed by atoms with Gasteiger partial charge in [0.1, 0.15) is 17.7 Å². The second-order valence-corrected chi connectivity index (χ2v) is 3.92. The lowest BCUT2D eigenvalue weighted by Crippen LogP contribution is -2.25. The monoisotopic (exact) mass is 199 g/mol. The van der Waals surface area contributed by atoms with Crippen molar-refractivity contribution >= 4 is 0 Å². The first-order valence-corrected chi connectivity index (χ1v) is 5.36. The van der Waals surface area contributed by atoms with E-state index in [-0.39, 0.29) is 0 Å². The van der Waals surface area contributed by atoms with Crippen LogP contribution < -0.4 is 5.32 Å². The predicted octanol–water partition coefficient (Wildman–Crippen LogP) is 2.15. The maximum atomic E-state index is 8.90. The molecule has 0 bridgehead atoms. The first-order valence-electron chi connectivity index (χ1n) is 5.36. The van der Waals surface area contributed by atoms with Crippen LogP contribution in [0.5, 0.6) is 0 Å². The van der Waals surface area contributed by atoms with Crippen molar-refractivity contribution in [2.75, 3.05) is 6.54 Å². The van der Waals surface area contributed by atoms with Crippen molar-refractivity contribution in [2.24, 2.45) is 0 Å². The van der Waals surface area contributed by atoms with Crippen LogP contribution in [0.2, 0.25) is 0 Å². The fraction of sp³-hybridized carbons (Fsp3) is 0.500. The average molecular weight is 199 g/mol. The molecule has 2 aliphatic rings. The molecule has 0 aromatic rings. The summed E-state index contributed by atoms with van der Waals surface area (Å²) in [6.07, 6.45) is 5.13. The van der Waals surface area contributed by atoms with E-state index in [1.807, 2.05) is 12.1 Å². The van der Waals surface area contributed by atoms with Gasteiger partial charge in [0, 0.05) is 12.2 Å². The molecule has 76 valence electrons. The van der Waals surface area contributed by atoms with Crippen molar-refractivity contribution < 1.29 is 0 Å². The van der Waals surface area contributed by atoms with Gasteiger partial charge in [0.05, 0.1) is 0 Å². The largest absolute Gasteiger partial charge is 0.388 e. The first-order chi connectivity index (χ1) is 7.36. The van der Waals surface area contributed by atoms with Gasteiger partial charge in [-0.3, -0.25) is 0 Å². The van der Waals surface area contributed by atoms with Crippen LogP contribution >= 0.6 is 0 Å². The first kappa shape index (κ1) is 9.80. The Labute approximate surface area is 89.7 Å². The third kappa shape index (κ3) is 1.74. The van der Waals surface area contributed by atoms with Crippen LogP contribution in [0.25, 0.3) is 0 Å². The lowest BCUT2D eigenvalue weighted by molar-refractivity contribution is 0.591. The van der Waals surface area contributed by atoms with E-state index in [4.69, 9.17) is 10.5 Å². The average Bonchev–Trinajstić information content (AvgIpc) is 2.31. The number of rotatable bonds is 0. The number of nitrogens with zero attached hydrogens (tertiary/aromatic N) is 2. The molecular weight excluding hydrogens is 186 g/mol. The van der Waals surface area contributed by atoms with E-state index in [0.29, 0.717) is 5.57 Å². The predicted molar refractivity (Wildman–Crippen MR) is 56.4 cm³/mol. The minimum absolute atomic E-state index is 0.311. The maximum absolute atomic E-state index is 8.90. The Balaban J connectivity index is 2.47. The van der Waals surface area contributed by atoms with Gasteiger partial charge in [-0.15, -0.1) is 0 Å². The topological polar surface area (TPSA) is 59.6 Å². The fourth-order valence-electron chi connectivity index (χ4n) is 2.36. The molecule has 0 spiro atoms. The third-order valence-electron chi connectivity index (χ3n) is 3.05. The fourth-order valence-corrected chi connectivity index (χ4v) is 2.36. The van der Waals surface area contributed by atoms with Crippen LogP contribution in [0, 0.1) is 22.7 Å². The Morgan fingerprint density at radius 3 is 2.60 bits per heavy atom. The molecule has 1 N–H and O–H groups in total. The normalized spacial score (nSPS) is 19.7. The van der Waals surface area contributed by atoms with Crippen LogP contribution in [0.15, 0.2) is 22.4 Å². The molecule has 0 aromatic heterocycles. The zero-order valence-corrected chi connectivity index (χ0v) is 8.64. The van der Waals surface area contributed by atoms with E-state index in [9.17, 15) is 0 Å². The van der Waals surface area contributed by atoms with Crippen molar-refractivity contribution in [1.29, 1.82) is 10.5 Å². The molecule has 0 saturated carbocycles. The number of hydrogen-bond donors (Lipinski definition) is 1. The van der Waals surface area contributed by atoms with Crippen LogP contribution in [0.1, 0.15) is 32.1 Å². The van der Waals surface area contributed by atoms with Crippen molar-refractivity contribution in [3.05, 3.63) is 22.4 Å². The standard InChI is InChI=1S/C12H13N3/c13-7-9(8-14)10-3-1-5-12-11(10)4-2-6-15-12/h15H,1-6H2. The van der Waals surface area contributed by atoms with Gasteiger partial charge in [-0.25, -0.2) is 0 Å². The number of nitriles is 2. The quantitative estimate of drug-likeness (QED) is 0.608. The lowest BCUT2D eigenvalue weighted by atomic mass is 9.84. The number of allylic oxidation sites excluding steroid dienone is 4. The zero-order chi connectivity index (χ0) is 10.7. The van der Waals surface area contributed by atoms with Crippen LogP contribution in [0.3, 0.4) is 0 Å². The smallest absolute Gasteiger partial charge is 0.133 e. The van der Waals surface area contributed by atoms with Gasteiger partial charge < -0.3 is 5.32 Å². The maximum Gasteiger partial charge on any atom is 0.133 e. The van der Waals surface area contributed by atoms with E-state index < -0.39 is 0 Å². The van der Waals surface area contributed by atoms with Gasteiger partial charge in [0.15, 0.2) is 0 Å². The summed E-state index contributed by atoms with van der Waals surface area (Å²) in [5, 5.41) is 21.2. The summed E-state index contributed by atoms with van der Waals surface area (Å²) >= 11 is 0. The molecule has 3 nitrogen and oxygen atoms in total. The lowest BCUT2D eigenvalue weighted by Gasteiger charge is -2.28. The molecule has 0 aromatic carbocycles. The summed E-state index contributed by atoms with van der Waals surface area (Å²) in [6, 6.07) is 4.02.